The fraction of sp³-hybridized carbons (Fsp3) is 0.105. The largest absolute Gasteiger partial charge is 0.497 e. The second kappa shape index (κ2) is 7.44. The molecular formula is C19H16BrNO4. The van der Waals surface area contributed by atoms with Crippen LogP contribution >= 0.6 is 15.9 Å². The summed E-state index contributed by atoms with van der Waals surface area (Å²) in [6, 6.07) is 10.8. The molecule has 0 aromatic heterocycles. The minimum Gasteiger partial charge on any atom is -0.497 e. The third-order valence-electron chi connectivity index (χ3n) is 3.64. The Morgan fingerprint density at radius 2 is 1.96 bits per heavy atom. The summed E-state index contributed by atoms with van der Waals surface area (Å²) < 4.78 is 16.9. The molecule has 2 aromatic rings. The number of hydrogen-bond donors (Lipinski definition) is 1. The van der Waals surface area contributed by atoms with Crippen LogP contribution in [0.4, 0.5) is 5.69 Å². The Kier molecular flexibility index (Phi) is 5.09. The Hall–Kier alpha value is -2.73. The molecule has 1 amide bonds. The fourth-order valence-electron chi connectivity index (χ4n) is 2.38. The van der Waals surface area contributed by atoms with Crippen molar-refractivity contribution in [3.63, 3.8) is 0 Å². The molecule has 1 aliphatic heterocycles. The summed E-state index contributed by atoms with van der Waals surface area (Å²) in [4.78, 5) is 12.7. The van der Waals surface area contributed by atoms with E-state index < -0.39 is 0 Å². The normalized spacial score (nSPS) is 12.4. The first-order valence-corrected chi connectivity index (χ1v) is 8.28. The second-order valence-electron chi connectivity index (χ2n) is 5.22. The zero-order valence-electron chi connectivity index (χ0n) is 13.7. The number of methoxy groups -OCH3 is 2. The van der Waals surface area contributed by atoms with Crippen molar-refractivity contribution in [3.05, 3.63) is 64.3 Å². The van der Waals surface area contributed by atoms with Crippen LogP contribution < -0.4 is 19.5 Å². The summed E-state index contributed by atoms with van der Waals surface area (Å²) in [6.07, 6.45) is 4.88. The van der Waals surface area contributed by atoms with Gasteiger partial charge in [0.2, 0.25) is 0 Å². The number of ether oxygens (including phenoxy) is 3. The van der Waals surface area contributed by atoms with Crippen LogP contribution in [0, 0.1) is 0 Å². The first kappa shape index (κ1) is 17.1. The van der Waals surface area contributed by atoms with E-state index in [1.54, 1.807) is 44.6 Å². The Bertz CT molecular complexity index is 874. The van der Waals surface area contributed by atoms with Crippen LogP contribution in [-0.2, 0) is 4.79 Å². The lowest BCUT2D eigenvalue weighted by Crippen LogP contribution is -2.14. The summed E-state index contributed by atoms with van der Waals surface area (Å²) in [5, 5.41) is 2.85. The molecule has 2 aromatic carbocycles. The SMILES string of the molecule is COc1ccc(OC)c(NC(=O)C2=Cc3cc(Br)ccc3OC=C2)c1. The van der Waals surface area contributed by atoms with Crippen molar-refractivity contribution in [2.45, 2.75) is 0 Å². The number of rotatable bonds is 4. The molecule has 0 fully saturated rings. The van der Waals surface area contributed by atoms with Gasteiger partial charge in [-0.05, 0) is 42.5 Å². The molecule has 0 saturated carbocycles. The number of anilines is 1. The van der Waals surface area contributed by atoms with Crippen molar-refractivity contribution in [3.8, 4) is 17.2 Å². The Morgan fingerprint density at radius 3 is 2.72 bits per heavy atom. The Morgan fingerprint density at radius 1 is 1.12 bits per heavy atom. The van der Waals surface area contributed by atoms with Crippen LogP contribution in [0.3, 0.4) is 0 Å². The van der Waals surface area contributed by atoms with E-state index in [0.717, 1.165) is 10.0 Å². The molecule has 0 aliphatic carbocycles. The van der Waals surface area contributed by atoms with Gasteiger partial charge in [0.05, 0.1) is 26.2 Å². The molecule has 25 heavy (non-hydrogen) atoms. The highest BCUT2D eigenvalue weighted by atomic mass is 79.9. The van der Waals surface area contributed by atoms with E-state index in [1.165, 1.54) is 6.26 Å². The van der Waals surface area contributed by atoms with Crippen LogP contribution in [0.25, 0.3) is 6.08 Å². The number of carbonyl (C=O) groups excluding carboxylic acids is 1. The van der Waals surface area contributed by atoms with Crippen molar-refractivity contribution >= 4 is 33.6 Å². The van der Waals surface area contributed by atoms with Gasteiger partial charge in [-0.2, -0.15) is 0 Å². The topological polar surface area (TPSA) is 56.8 Å². The van der Waals surface area contributed by atoms with E-state index in [0.29, 0.717) is 28.5 Å². The number of halogens is 1. The van der Waals surface area contributed by atoms with E-state index >= 15 is 0 Å². The number of fused-ring (bicyclic) bond motifs is 1. The van der Waals surface area contributed by atoms with Crippen LogP contribution in [-0.4, -0.2) is 20.1 Å². The van der Waals surface area contributed by atoms with Crippen molar-refractivity contribution in [1.82, 2.24) is 0 Å². The zero-order valence-corrected chi connectivity index (χ0v) is 15.3. The Balaban J connectivity index is 1.91. The number of benzene rings is 2. The minimum absolute atomic E-state index is 0.278. The van der Waals surface area contributed by atoms with Crippen molar-refractivity contribution in [2.75, 3.05) is 19.5 Å². The second-order valence-corrected chi connectivity index (χ2v) is 6.14. The predicted molar refractivity (Wildman–Crippen MR) is 100 cm³/mol. The number of carbonyl (C=O) groups is 1. The van der Waals surface area contributed by atoms with Gasteiger partial charge in [0, 0.05) is 21.7 Å². The summed E-state index contributed by atoms with van der Waals surface area (Å²) in [7, 11) is 3.11. The molecule has 3 rings (SSSR count). The molecule has 0 spiro atoms. The van der Waals surface area contributed by atoms with Crippen LogP contribution in [0.1, 0.15) is 5.56 Å². The van der Waals surface area contributed by atoms with Crippen LogP contribution in [0.15, 0.2) is 58.8 Å². The highest BCUT2D eigenvalue weighted by molar-refractivity contribution is 9.10. The molecule has 1 heterocycles. The van der Waals surface area contributed by atoms with Gasteiger partial charge in [-0.25, -0.2) is 0 Å². The van der Waals surface area contributed by atoms with Gasteiger partial charge in [0.15, 0.2) is 0 Å². The molecule has 128 valence electrons. The van der Waals surface area contributed by atoms with Gasteiger partial charge >= 0.3 is 0 Å². The third-order valence-corrected chi connectivity index (χ3v) is 4.14. The smallest absolute Gasteiger partial charge is 0.255 e. The van der Waals surface area contributed by atoms with Crippen LogP contribution in [0.5, 0.6) is 17.2 Å². The van der Waals surface area contributed by atoms with Gasteiger partial charge < -0.3 is 19.5 Å². The summed E-state index contributed by atoms with van der Waals surface area (Å²) in [5.74, 6) is 1.58. The third kappa shape index (κ3) is 3.85. The lowest BCUT2D eigenvalue weighted by molar-refractivity contribution is -0.112. The number of hydrogen-bond acceptors (Lipinski definition) is 4. The quantitative estimate of drug-likeness (QED) is 0.824. The zero-order chi connectivity index (χ0) is 17.8. The average Bonchev–Trinajstić information content (AvgIpc) is 2.83. The minimum atomic E-state index is -0.278. The lowest BCUT2D eigenvalue weighted by atomic mass is 10.1. The molecule has 0 atom stereocenters. The van der Waals surface area contributed by atoms with Crippen molar-refractivity contribution in [2.24, 2.45) is 0 Å². The van der Waals surface area contributed by atoms with Gasteiger partial charge in [-0.15, -0.1) is 0 Å². The van der Waals surface area contributed by atoms with Crippen LogP contribution in [0.2, 0.25) is 0 Å². The molecule has 0 saturated heterocycles. The standard InChI is InChI=1S/C19H16BrNO4/c1-23-15-4-6-18(24-2)16(11-15)21-19(22)12-7-8-25-17-5-3-14(20)10-13(17)9-12/h3-11H,1-2H3,(H,21,22). The first-order valence-electron chi connectivity index (χ1n) is 7.48. The maximum absolute atomic E-state index is 12.7. The van der Waals surface area contributed by atoms with Gasteiger partial charge in [0.25, 0.3) is 5.91 Å². The first-order chi connectivity index (χ1) is 12.1. The summed E-state index contributed by atoms with van der Waals surface area (Å²) >= 11 is 3.43. The molecule has 0 bridgehead atoms. The summed E-state index contributed by atoms with van der Waals surface area (Å²) in [5.41, 5.74) is 1.80. The van der Waals surface area contributed by atoms with Gasteiger partial charge in [-0.3, -0.25) is 4.79 Å². The van der Waals surface area contributed by atoms with Gasteiger partial charge in [0.1, 0.15) is 17.2 Å². The maximum atomic E-state index is 12.7. The van der Waals surface area contributed by atoms with E-state index in [2.05, 4.69) is 21.2 Å². The lowest BCUT2D eigenvalue weighted by Gasteiger charge is -2.12. The molecule has 0 unspecified atom stereocenters. The van der Waals surface area contributed by atoms with E-state index in [-0.39, 0.29) is 5.91 Å². The van der Waals surface area contributed by atoms with Crippen molar-refractivity contribution in [1.29, 1.82) is 0 Å². The molecule has 5 nitrogen and oxygen atoms in total. The monoisotopic (exact) mass is 401 g/mol. The fourth-order valence-corrected chi connectivity index (χ4v) is 2.76. The summed E-state index contributed by atoms with van der Waals surface area (Å²) in [6.45, 7) is 0. The molecule has 6 heteroatoms. The average molecular weight is 402 g/mol. The highest BCUT2D eigenvalue weighted by Gasteiger charge is 2.15. The van der Waals surface area contributed by atoms with E-state index in [1.807, 2.05) is 18.2 Å². The number of amides is 1. The van der Waals surface area contributed by atoms with E-state index in [4.69, 9.17) is 14.2 Å². The molecule has 1 aliphatic rings. The van der Waals surface area contributed by atoms with Crippen molar-refractivity contribution < 1.29 is 19.0 Å². The van der Waals surface area contributed by atoms with Gasteiger partial charge in [-0.1, -0.05) is 15.9 Å². The Labute approximate surface area is 154 Å². The molecule has 1 N–H and O–H groups in total. The molecular weight excluding hydrogens is 386 g/mol. The number of nitrogens with one attached hydrogen (secondary N) is 1. The highest BCUT2D eigenvalue weighted by Crippen LogP contribution is 2.31. The van der Waals surface area contributed by atoms with E-state index in [9.17, 15) is 4.79 Å². The predicted octanol–water partition coefficient (Wildman–Crippen LogP) is 4.39. The maximum Gasteiger partial charge on any atom is 0.255 e. The molecule has 0 radical (unpaired) electrons.